The SMILES string of the molecule is COc1cc(CN(C)S(=O)(=O)c2cccs2)cc(OC)c1OC. The molecule has 0 unspecified atom stereocenters. The van der Waals surface area contributed by atoms with Gasteiger partial charge >= 0.3 is 0 Å². The monoisotopic (exact) mass is 357 g/mol. The summed E-state index contributed by atoms with van der Waals surface area (Å²) < 4.78 is 42.4. The first-order chi connectivity index (χ1) is 10.9. The normalized spacial score (nSPS) is 11.5. The summed E-state index contributed by atoms with van der Waals surface area (Å²) in [6.45, 7) is 0.191. The molecule has 1 aromatic carbocycles. The maximum atomic E-state index is 12.5. The van der Waals surface area contributed by atoms with Crippen molar-refractivity contribution in [3.8, 4) is 17.2 Å². The number of benzene rings is 1. The molecular weight excluding hydrogens is 338 g/mol. The fourth-order valence-electron chi connectivity index (χ4n) is 2.13. The third-order valence-electron chi connectivity index (χ3n) is 3.29. The quantitative estimate of drug-likeness (QED) is 0.762. The number of hydrogen-bond donors (Lipinski definition) is 0. The van der Waals surface area contributed by atoms with Crippen LogP contribution in [-0.2, 0) is 16.6 Å². The molecule has 0 saturated heterocycles. The molecule has 0 fully saturated rings. The van der Waals surface area contributed by atoms with E-state index in [9.17, 15) is 8.42 Å². The van der Waals surface area contributed by atoms with Crippen molar-refractivity contribution in [1.29, 1.82) is 0 Å². The molecule has 0 amide bonds. The van der Waals surface area contributed by atoms with Gasteiger partial charge in [0.1, 0.15) is 4.21 Å². The Kier molecular flexibility index (Phi) is 5.51. The Labute approximate surface area is 140 Å². The van der Waals surface area contributed by atoms with E-state index < -0.39 is 10.0 Å². The number of sulfonamides is 1. The van der Waals surface area contributed by atoms with Crippen LogP contribution in [0.1, 0.15) is 5.56 Å². The van der Waals surface area contributed by atoms with Gasteiger partial charge in [0.15, 0.2) is 11.5 Å². The third-order valence-corrected chi connectivity index (χ3v) is 6.47. The summed E-state index contributed by atoms with van der Waals surface area (Å²) in [6.07, 6.45) is 0. The Morgan fingerprint density at radius 2 is 1.70 bits per heavy atom. The molecule has 0 aliphatic carbocycles. The number of hydrogen-bond acceptors (Lipinski definition) is 6. The third kappa shape index (κ3) is 3.60. The summed E-state index contributed by atoms with van der Waals surface area (Å²) in [5.74, 6) is 1.45. The average Bonchev–Trinajstić information content (AvgIpc) is 3.08. The average molecular weight is 357 g/mol. The summed E-state index contributed by atoms with van der Waals surface area (Å²) in [7, 11) is 2.59. The molecule has 6 nitrogen and oxygen atoms in total. The highest BCUT2D eigenvalue weighted by molar-refractivity contribution is 7.91. The van der Waals surface area contributed by atoms with E-state index in [0.717, 1.165) is 5.56 Å². The minimum Gasteiger partial charge on any atom is -0.493 e. The van der Waals surface area contributed by atoms with Gasteiger partial charge in [-0.3, -0.25) is 0 Å². The van der Waals surface area contributed by atoms with Crippen molar-refractivity contribution < 1.29 is 22.6 Å². The lowest BCUT2D eigenvalue weighted by molar-refractivity contribution is 0.323. The first kappa shape index (κ1) is 17.6. The van der Waals surface area contributed by atoms with E-state index in [4.69, 9.17) is 14.2 Å². The van der Waals surface area contributed by atoms with Gasteiger partial charge in [-0.05, 0) is 29.1 Å². The molecule has 0 atom stereocenters. The van der Waals surface area contributed by atoms with Crippen molar-refractivity contribution in [3.05, 3.63) is 35.2 Å². The molecule has 2 aromatic rings. The molecule has 0 aliphatic heterocycles. The zero-order chi connectivity index (χ0) is 17.0. The Hall–Kier alpha value is -1.77. The molecule has 126 valence electrons. The lowest BCUT2D eigenvalue weighted by Gasteiger charge is -2.18. The molecule has 8 heteroatoms. The van der Waals surface area contributed by atoms with Crippen molar-refractivity contribution in [2.75, 3.05) is 28.4 Å². The molecular formula is C15H19NO5S2. The van der Waals surface area contributed by atoms with Crippen molar-refractivity contribution in [3.63, 3.8) is 0 Å². The van der Waals surface area contributed by atoms with Gasteiger partial charge in [-0.2, -0.15) is 4.31 Å². The van der Waals surface area contributed by atoms with E-state index in [-0.39, 0.29) is 6.54 Å². The van der Waals surface area contributed by atoms with E-state index in [2.05, 4.69) is 0 Å². The molecule has 2 rings (SSSR count). The highest BCUT2D eigenvalue weighted by atomic mass is 32.2. The maximum absolute atomic E-state index is 12.5. The lowest BCUT2D eigenvalue weighted by Crippen LogP contribution is -2.25. The van der Waals surface area contributed by atoms with Gasteiger partial charge in [-0.1, -0.05) is 6.07 Å². The van der Waals surface area contributed by atoms with Crippen LogP contribution in [-0.4, -0.2) is 41.1 Å². The summed E-state index contributed by atoms with van der Waals surface area (Å²) in [6, 6.07) is 6.78. The van der Waals surface area contributed by atoms with Gasteiger partial charge in [-0.15, -0.1) is 11.3 Å². The van der Waals surface area contributed by atoms with Crippen LogP contribution in [0.4, 0.5) is 0 Å². The van der Waals surface area contributed by atoms with Crippen LogP contribution in [0.15, 0.2) is 33.9 Å². The Balaban J connectivity index is 2.33. The fourth-order valence-corrected chi connectivity index (χ4v) is 4.49. The maximum Gasteiger partial charge on any atom is 0.252 e. The Bertz CT molecular complexity index is 731. The van der Waals surface area contributed by atoms with Gasteiger partial charge in [0.2, 0.25) is 5.75 Å². The van der Waals surface area contributed by atoms with Crippen LogP contribution in [0.2, 0.25) is 0 Å². The summed E-state index contributed by atoms with van der Waals surface area (Å²) in [5, 5.41) is 1.74. The van der Waals surface area contributed by atoms with Crippen LogP contribution in [0.25, 0.3) is 0 Å². The van der Waals surface area contributed by atoms with Gasteiger partial charge in [-0.25, -0.2) is 8.42 Å². The zero-order valence-corrected chi connectivity index (χ0v) is 15.0. The molecule has 0 saturated carbocycles. The predicted molar refractivity (Wildman–Crippen MR) is 89.1 cm³/mol. The summed E-state index contributed by atoms with van der Waals surface area (Å²) >= 11 is 1.19. The number of methoxy groups -OCH3 is 3. The van der Waals surface area contributed by atoms with Crippen LogP contribution in [0, 0.1) is 0 Å². The van der Waals surface area contributed by atoms with Crippen LogP contribution in [0.3, 0.4) is 0 Å². The predicted octanol–water partition coefficient (Wildman–Crippen LogP) is 2.59. The number of ether oxygens (including phenoxy) is 3. The van der Waals surface area contributed by atoms with Crippen molar-refractivity contribution in [2.45, 2.75) is 10.8 Å². The molecule has 0 aliphatic rings. The van der Waals surface area contributed by atoms with Crippen molar-refractivity contribution in [1.82, 2.24) is 4.31 Å². The van der Waals surface area contributed by atoms with E-state index in [0.29, 0.717) is 21.5 Å². The smallest absolute Gasteiger partial charge is 0.252 e. The lowest BCUT2D eigenvalue weighted by atomic mass is 10.2. The van der Waals surface area contributed by atoms with E-state index in [1.165, 1.54) is 44.0 Å². The topological polar surface area (TPSA) is 65.1 Å². The summed E-state index contributed by atoms with van der Waals surface area (Å²) in [4.78, 5) is 0. The first-order valence-electron chi connectivity index (χ1n) is 6.72. The fraction of sp³-hybridized carbons (Fsp3) is 0.333. The van der Waals surface area contributed by atoms with Crippen molar-refractivity contribution >= 4 is 21.4 Å². The molecule has 0 N–H and O–H groups in total. The van der Waals surface area contributed by atoms with Crippen LogP contribution >= 0.6 is 11.3 Å². The second-order valence-electron chi connectivity index (χ2n) is 4.73. The van der Waals surface area contributed by atoms with E-state index in [1.807, 2.05) is 0 Å². The zero-order valence-electron chi connectivity index (χ0n) is 13.4. The van der Waals surface area contributed by atoms with Gasteiger partial charge in [0.05, 0.1) is 21.3 Å². The standard InChI is InChI=1S/C15H19NO5S2/c1-16(23(17,18)14-6-5-7-22-14)10-11-8-12(19-2)15(21-4)13(9-11)20-3/h5-9H,10H2,1-4H3. The van der Waals surface area contributed by atoms with Crippen LogP contribution < -0.4 is 14.2 Å². The minimum absolute atomic E-state index is 0.191. The Morgan fingerprint density at radius 3 is 2.13 bits per heavy atom. The highest BCUT2D eigenvalue weighted by Crippen LogP contribution is 2.38. The van der Waals surface area contributed by atoms with Gasteiger partial charge in [0, 0.05) is 13.6 Å². The number of thiophene rings is 1. The van der Waals surface area contributed by atoms with Crippen LogP contribution in [0.5, 0.6) is 17.2 Å². The second-order valence-corrected chi connectivity index (χ2v) is 7.95. The number of nitrogens with zero attached hydrogens (tertiary/aromatic N) is 1. The number of rotatable bonds is 7. The highest BCUT2D eigenvalue weighted by Gasteiger charge is 2.23. The molecule has 0 radical (unpaired) electrons. The largest absolute Gasteiger partial charge is 0.493 e. The molecule has 1 heterocycles. The minimum atomic E-state index is -3.51. The van der Waals surface area contributed by atoms with E-state index >= 15 is 0 Å². The van der Waals surface area contributed by atoms with E-state index in [1.54, 1.807) is 29.6 Å². The summed E-state index contributed by atoms with van der Waals surface area (Å²) in [5.41, 5.74) is 0.738. The van der Waals surface area contributed by atoms with Crippen molar-refractivity contribution in [2.24, 2.45) is 0 Å². The first-order valence-corrected chi connectivity index (χ1v) is 9.04. The van der Waals surface area contributed by atoms with Gasteiger partial charge in [0.25, 0.3) is 10.0 Å². The van der Waals surface area contributed by atoms with Gasteiger partial charge < -0.3 is 14.2 Å². The molecule has 1 aromatic heterocycles. The second kappa shape index (κ2) is 7.20. The Morgan fingerprint density at radius 1 is 1.09 bits per heavy atom. The molecule has 23 heavy (non-hydrogen) atoms. The molecule has 0 bridgehead atoms. The molecule has 0 spiro atoms.